The van der Waals surface area contributed by atoms with E-state index in [0.717, 1.165) is 25.3 Å². The van der Waals surface area contributed by atoms with Crippen molar-refractivity contribution in [2.24, 2.45) is 0 Å². The van der Waals surface area contributed by atoms with E-state index in [9.17, 15) is 0 Å². The molecule has 17 heavy (non-hydrogen) atoms. The van der Waals surface area contributed by atoms with Crippen molar-refractivity contribution in [3.63, 3.8) is 0 Å². The zero-order valence-electron chi connectivity index (χ0n) is 11.5. The normalized spacial score (nSPS) is 12.5. The highest BCUT2D eigenvalue weighted by molar-refractivity contribution is 5.32. The van der Waals surface area contributed by atoms with Crippen LogP contribution in [0.1, 0.15) is 37.8 Å². The topological polar surface area (TPSA) is 21.3 Å². The van der Waals surface area contributed by atoms with Gasteiger partial charge in [-0.15, -0.1) is 0 Å². The minimum absolute atomic E-state index is 0.586. The molecule has 0 saturated carbocycles. The first-order valence-electron chi connectivity index (χ1n) is 6.56. The Morgan fingerprint density at radius 1 is 1.18 bits per heavy atom. The van der Waals surface area contributed by atoms with Crippen LogP contribution in [0, 0.1) is 13.8 Å². The summed E-state index contributed by atoms with van der Waals surface area (Å²) in [6.07, 6.45) is 2.26. The van der Waals surface area contributed by atoms with Gasteiger partial charge in [0.25, 0.3) is 0 Å². The van der Waals surface area contributed by atoms with E-state index >= 15 is 0 Å². The summed E-state index contributed by atoms with van der Waals surface area (Å²) in [6.45, 7) is 10.4. The van der Waals surface area contributed by atoms with Crippen molar-refractivity contribution < 1.29 is 4.74 Å². The minimum Gasteiger partial charge on any atom is -0.494 e. The Morgan fingerprint density at radius 3 is 2.41 bits per heavy atom. The van der Waals surface area contributed by atoms with E-state index in [2.05, 4.69) is 51.2 Å². The molecule has 0 aliphatic rings. The van der Waals surface area contributed by atoms with Crippen molar-refractivity contribution in [1.82, 2.24) is 5.32 Å². The number of hydrogen-bond acceptors (Lipinski definition) is 2. The van der Waals surface area contributed by atoms with Crippen molar-refractivity contribution in [2.75, 3.05) is 13.2 Å². The predicted molar refractivity (Wildman–Crippen MR) is 73.8 cm³/mol. The van der Waals surface area contributed by atoms with E-state index in [0.29, 0.717) is 6.04 Å². The molecule has 1 atom stereocenters. The van der Waals surface area contributed by atoms with Gasteiger partial charge in [-0.3, -0.25) is 0 Å². The Balaban J connectivity index is 2.26. The molecule has 96 valence electrons. The summed E-state index contributed by atoms with van der Waals surface area (Å²) in [5.41, 5.74) is 2.53. The lowest BCUT2D eigenvalue weighted by molar-refractivity contribution is 0.298. The second kappa shape index (κ2) is 7.33. The number of nitrogens with one attached hydrogen (secondary N) is 1. The van der Waals surface area contributed by atoms with Crippen LogP contribution in [0.25, 0.3) is 0 Å². The van der Waals surface area contributed by atoms with Crippen molar-refractivity contribution >= 4 is 0 Å². The van der Waals surface area contributed by atoms with E-state index in [4.69, 9.17) is 4.74 Å². The molecule has 2 nitrogen and oxygen atoms in total. The van der Waals surface area contributed by atoms with Gasteiger partial charge in [0.1, 0.15) is 5.75 Å². The Bertz CT molecular complexity index is 315. The van der Waals surface area contributed by atoms with Gasteiger partial charge in [0.15, 0.2) is 0 Å². The van der Waals surface area contributed by atoms with Crippen molar-refractivity contribution in [1.29, 1.82) is 0 Å². The average molecular weight is 235 g/mol. The summed E-state index contributed by atoms with van der Waals surface area (Å²) in [4.78, 5) is 0. The first-order valence-corrected chi connectivity index (χ1v) is 6.56. The number of hydrogen-bond donors (Lipinski definition) is 1. The molecule has 1 unspecified atom stereocenters. The molecular formula is C15H25NO. The van der Waals surface area contributed by atoms with Crippen LogP contribution in [-0.2, 0) is 0 Å². The molecule has 2 heteroatoms. The fourth-order valence-electron chi connectivity index (χ4n) is 2.05. The van der Waals surface area contributed by atoms with Gasteiger partial charge in [-0.1, -0.05) is 13.0 Å². The first kappa shape index (κ1) is 14.0. The van der Waals surface area contributed by atoms with Gasteiger partial charge in [0.05, 0.1) is 6.61 Å². The van der Waals surface area contributed by atoms with Crippen LogP contribution >= 0.6 is 0 Å². The molecule has 0 heterocycles. The maximum atomic E-state index is 5.77. The predicted octanol–water partition coefficient (Wildman–Crippen LogP) is 3.46. The molecule has 0 aromatic heterocycles. The van der Waals surface area contributed by atoms with Gasteiger partial charge < -0.3 is 10.1 Å². The van der Waals surface area contributed by atoms with E-state index in [1.165, 1.54) is 17.5 Å². The van der Waals surface area contributed by atoms with Crippen molar-refractivity contribution in [2.45, 2.75) is 46.6 Å². The van der Waals surface area contributed by atoms with Crippen molar-refractivity contribution in [3.05, 3.63) is 29.3 Å². The molecular weight excluding hydrogens is 210 g/mol. The molecule has 1 aromatic rings. The molecule has 1 rings (SSSR count). The maximum Gasteiger partial charge on any atom is 0.119 e. The summed E-state index contributed by atoms with van der Waals surface area (Å²) in [6, 6.07) is 6.95. The molecule has 0 radical (unpaired) electrons. The molecule has 0 amide bonds. The number of rotatable bonds is 7. The Kier molecular flexibility index (Phi) is 6.06. The molecule has 0 spiro atoms. The Morgan fingerprint density at radius 2 is 1.82 bits per heavy atom. The monoisotopic (exact) mass is 235 g/mol. The summed E-state index contributed by atoms with van der Waals surface area (Å²) in [5, 5.41) is 3.41. The van der Waals surface area contributed by atoms with Crippen molar-refractivity contribution in [3.8, 4) is 5.75 Å². The molecule has 0 saturated heterocycles. The summed E-state index contributed by atoms with van der Waals surface area (Å²) < 4.78 is 5.77. The smallest absolute Gasteiger partial charge is 0.119 e. The maximum absolute atomic E-state index is 5.77. The lowest BCUT2D eigenvalue weighted by Gasteiger charge is -2.12. The highest BCUT2D eigenvalue weighted by Gasteiger charge is 2.00. The van der Waals surface area contributed by atoms with Gasteiger partial charge in [-0.05, 0) is 63.4 Å². The molecule has 0 bridgehead atoms. The van der Waals surface area contributed by atoms with E-state index in [1.54, 1.807) is 0 Å². The molecule has 0 aliphatic carbocycles. The first-order chi connectivity index (χ1) is 8.11. The second-order valence-corrected chi connectivity index (χ2v) is 4.77. The second-order valence-electron chi connectivity index (χ2n) is 4.77. The summed E-state index contributed by atoms with van der Waals surface area (Å²) in [5.74, 6) is 0.999. The van der Waals surface area contributed by atoms with E-state index in [-0.39, 0.29) is 0 Å². The standard InChI is InChI=1S/C15H25NO/c1-5-16-14(4)7-6-8-17-15-10-12(2)9-13(3)11-15/h9-11,14,16H,5-8H2,1-4H3. The molecule has 0 fully saturated rings. The highest BCUT2D eigenvalue weighted by atomic mass is 16.5. The molecule has 1 N–H and O–H groups in total. The summed E-state index contributed by atoms with van der Waals surface area (Å²) >= 11 is 0. The fraction of sp³-hybridized carbons (Fsp3) is 0.600. The van der Waals surface area contributed by atoms with Crippen LogP contribution in [0.15, 0.2) is 18.2 Å². The Hall–Kier alpha value is -1.02. The zero-order chi connectivity index (χ0) is 12.7. The van der Waals surface area contributed by atoms with E-state index in [1.807, 2.05) is 0 Å². The van der Waals surface area contributed by atoms with Gasteiger partial charge in [0.2, 0.25) is 0 Å². The van der Waals surface area contributed by atoms with Crippen LogP contribution in [0.2, 0.25) is 0 Å². The largest absolute Gasteiger partial charge is 0.494 e. The zero-order valence-corrected chi connectivity index (χ0v) is 11.5. The highest BCUT2D eigenvalue weighted by Crippen LogP contribution is 2.16. The van der Waals surface area contributed by atoms with Gasteiger partial charge in [-0.2, -0.15) is 0 Å². The van der Waals surface area contributed by atoms with Crippen LogP contribution < -0.4 is 10.1 Å². The number of ether oxygens (including phenoxy) is 1. The van der Waals surface area contributed by atoms with Crippen LogP contribution in [0.3, 0.4) is 0 Å². The van der Waals surface area contributed by atoms with Gasteiger partial charge >= 0.3 is 0 Å². The summed E-state index contributed by atoms with van der Waals surface area (Å²) in [7, 11) is 0. The quantitative estimate of drug-likeness (QED) is 0.731. The molecule has 1 aromatic carbocycles. The fourth-order valence-corrected chi connectivity index (χ4v) is 2.05. The third-order valence-corrected chi connectivity index (χ3v) is 2.80. The van der Waals surface area contributed by atoms with Crippen LogP contribution in [-0.4, -0.2) is 19.2 Å². The van der Waals surface area contributed by atoms with Crippen LogP contribution in [0.4, 0.5) is 0 Å². The number of benzene rings is 1. The lowest BCUT2D eigenvalue weighted by Crippen LogP contribution is -2.25. The molecule has 0 aliphatic heterocycles. The Labute approximate surface area is 105 Å². The third kappa shape index (κ3) is 5.73. The number of aryl methyl sites for hydroxylation is 2. The van der Waals surface area contributed by atoms with Gasteiger partial charge in [-0.25, -0.2) is 0 Å². The minimum atomic E-state index is 0.586. The SMILES string of the molecule is CCNC(C)CCCOc1cc(C)cc(C)c1. The third-order valence-electron chi connectivity index (χ3n) is 2.80. The average Bonchev–Trinajstić information content (AvgIpc) is 2.23. The van der Waals surface area contributed by atoms with Crippen LogP contribution in [0.5, 0.6) is 5.75 Å². The van der Waals surface area contributed by atoms with E-state index < -0.39 is 0 Å². The van der Waals surface area contributed by atoms with Gasteiger partial charge in [0, 0.05) is 6.04 Å². The lowest BCUT2D eigenvalue weighted by atomic mass is 10.1.